The van der Waals surface area contributed by atoms with E-state index in [0.29, 0.717) is 6.61 Å². The van der Waals surface area contributed by atoms with Crippen LogP contribution in [0.1, 0.15) is 134 Å². The van der Waals surface area contributed by atoms with Gasteiger partial charge in [0.2, 0.25) is 0 Å². The van der Waals surface area contributed by atoms with Crippen LogP contribution in [-0.2, 0) is 27.6 Å². The first-order valence-corrected chi connectivity index (χ1v) is 36.7. The number of hydrogen-bond acceptors (Lipinski definition) is 8. The van der Waals surface area contributed by atoms with E-state index in [9.17, 15) is 4.79 Å². The fraction of sp³-hybridized carbons (Fsp3) is 0.780. The van der Waals surface area contributed by atoms with Crippen molar-refractivity contribution in [1.29, 1.82) is 0 Å². The lowest BCUT2D eigenvalue weighted by Crippen LogP contribution is -2.54. The van der Waals surface area contributed by atoms with Gasteiger partial charge in [0, 0.05) is 24.8 Å². The first-order chi connectivity index (χ1) is 28.1. The van der Waals surface area contributed by atoms with Crippen LogP contribution in [0.25, 0.3) is 6.08 Å². The fourth-order valence-electron chi connectivity index (χ4n) is 7.11. The first kappa shape index (κ1) is 58.8. The van der Waals surface area contributed by atoms with Crippen molar-refractivity contribution in [2.45, 2.75) is 228 Å². The van der Waals surface area contributed by atoms with Crippen LogP contribution in [-0.4, -0.2) is 74.7 Å². The maximum atomic E-state index is 15.1. The molecule has 1 rings (SSSR count). The first-order valence-electron chi connectivity index (χ1n) is 23.7. The number of thiazole rings is 1. The minimum absolute atomic E-state index is 0.00964. The second kappa shape index (κ2) is 24.0. The average molecular weight is 951 g/mol. The van der Waals surface area contributed by atoms with E-state index in [1.807, 2.05) is 20.8 Å². The molecule has 1 aromatic rings. The second-order valence-electron chi connectivity index (χ2n) is 23.1. The van der Waals surface area contributed by atoms with E-state index in [0.717, 1.165) is 47.7 Å². The number of aromatic nitrogens is 1. The molecule has 0 radical (unpaired) electrons. The summed E-state index contributed by atoms with van der Waals surface area (Å²) < 4.78 is 27.2. The molecule has 0 aliphatic rings. The minimum Gasteiger partial charge on any atom is -0.466 e. The van der Waals surface area contributed by atoms with E-state index >= 15 is 4.79 Å². The number of aryl methyl sites for hydroxylation is 1. The molecular formula is C50H95NO6SSi4. The van der Waals surface area contributed by atoms with Gasteiger partial charge in [-0.05, 0) is 112 Å². The molecule has 7 nitrogen and oxygen atoms in total. The van der Waals surface area contributed by atoms with Gasteiger partial charge in [0.25, 0.3) is 0 Å². The van der Waals surface area contributed by atoms with E-state index < -0.39 is 50.5 Å². The molecule has 0 amide bonds. The Kier molecular flexibility index (Phi) is 22.7. The van der Waals surface area contributed by atoms with Crippen molar-refractivity contribution in [2.75, 3.05) is 6.61 Å². The number of carbonyl (C=O) groups excluding carboxylic acids is 2. The van der Waals surface area contributed by atoms with E-state index in [1.54, 1.807) is 11.3 Å². The predicted molar refractivity (Wildman–Crippen MR) is 280 cm³/mol. The Morgan fingerprint density at radius 1 is 0.823 bits per heavy atom. The van der Waals surface area contributed by atoms with Gasteiger partial charge in [-0.3, -0.25) is 9.59 Å². The normalized spacial score (nSPS) is 17.0. The van der Waals surface area contributed by atoms with Crippen LogP contribution in [0, 0.1) is 24.2 Å². The fourth-order valence-corrected chi connectivity index (χ4v) is 14.2. The summed E-state index contributed by atoms with van der Waals surface area (Å²) in [6.45, 7) is 51.0. The summed E-state index contributed by atoms with van der Waals surface area (Å²) in [5, 5.41) is 3.05. The highest BCUT2D eigenvalue weighted by Crippen LogP contribution is 2.44. The molecule has 0 aliphatic carbocycles. The number of carbonyl (C=O) groups is 2. The van der Waals surface area contributed by atoms with Gasteiger partial charge in [0.05, 0.1) is 42.0 Å². The molecule has 1 aromatic heterocycles. The van der Waals surface area contributed by atoms with Crippen LogP contribution in [0.2, 0.25) is 80.1 Å². The summed E-state index contributed by atoms with van der Waals surface area (Å²) >= 11 is 1.68. The van der Waals surface area contributed by atoms with Crippen molar-refractivity contribution in [3.8, 4) is 0 Å². The molecule has 0 saturated carbocycles. The van der Waals surface area contributed by atoms with Crippen molar-refractivity contribution >= 4 is 62.2 Å². The lowest BCUT2D eigenvalue weighted by Gasteiger charge is -2.46. The Balaban J connectivity index is 3.55. The Hall–Kier alpha value is -1.26. The van der Waals surface area contributed by atoms with Gasteiger partial charge < -0.3 is 18.0 Å². The molecule has 0 N–H and O–H groups in total. The Bertz CT molecular complexity index is 1650. The third-order valence-electron chi connectivity index (χ3n) is 14.2. The van der Waals surface area contributed by atoms with E-state index in [2.05, 4.69) is 166 Å². The lowest BCUT2D eigenvalue weighted by molar-refractivity contribution is -0.150. The quantitative estimate of drug-likeness (QED) is 0.0520. The van der Waals surface area contributed by atoms with Crippen molar-refractivity contribution < 1.29 is 27.6 Å². The highest BCUT2D eigenvalue weighted by molar-refractivity contribution is 7.09. The predicted octanol–water partition coefficient (Wildman–Crippen LogP) is 15.4. The third-order valence-corrected chi connectivity index (χ3v) is 30.3. The second-order valence-corrected chi connectivity index (χ2v) is 44.0. The Labute approximate surface area is 390 Å². The van der Waals surface area contributed by atoms with Gasteiger partial charge in [0.15, 0.2) is 25.0 Å². The van der Waals surface area contributed by atoms with Crippen molar-refractivity contribution in [2.24, 2.45) is 17.3 Å². The monoisotopic (exact) mass is 950 g/mol. The molecule has 0 unspecified atom stereocenters. The number of rotatable bonds is 26. The van der Waals surface area contributed by atoms with Crippen LogP contribution >= 0.6 is 11.3 Å². The number of hydrogen-bond donors (Lipinski definition) is 0. The summed E-state index contributed by atoms with van der Waals surface area (Å²) in [5.74, 6) is -0.719. The van der Waals surface area contributed by atoms with Crippen LogP contribution in [0.4, 0.5) is 0 Å². The summed E-state index contributed by atoms with van der Waals surface area (Å²) in [4.78, 5) is 33.3. The number of allylic oxidation sites excluding steroid dienone is 2. The molecule has 0 saturated heterocycles. The molecular weight excluding hydrogens is 855 g/mol. The maximum Gasteiger partial charge on any atom is 0.308 e. The maximum absolute atomic E-state index is 15.1. The zero-order valence-corrected chi connectivity index (χ0v) is 49.1. The van der Waals surface area contributed by atoms with Crippen LogP contribution in [0.15, 0.2) is 34.8 Å². The summed E-state index contributed by atoms with van der Waals surface area (Å²) in [7, 11) is -7.95. The van der Waals surface area contributed by atoms with E-state index in [1.165, 1.54) is 11.1 Å². The molecule has 12 heteroatoms. The summed E-state index contributed by atoms with van der Waals surface area (Å²) in [5.41, 5.74) is 2.54. The SMILES string of the molecule is CC[Si](CC)(CC)O[C@@H](C/C=C(\C)C/C=C/[C@H](C)[C@H](O[Si](C)(C)C(C)(C)C)[C@@H](C)C(=O)C(C)(C)[C@H](CC(=O)OCC[Si](C)(C)C)O[Si](C)(C)C(C)(C)C)/C(C)=C/c1csc(C)n1. The molecule has 358 valence electrons. The minimum atomic E-state index is -2.39. The number of esters is 1. The Morgan fingerprint density at radius 2 is 1.35 bits per heavy atom. The number of ether oxygens (including phenoxy) is 1. The zero-order valence-electron chi connectivity index (χ0n) is 44.2. The highest BCUT2D eigenvalue weighted by Gasteiger charge is 2.50. The van der Waals surface area contributed by atoms with Crippen molar-refractivity contribution in [1.82, 2.24) is 4.98 Å². The zero-order chi connectivity index (χ0) is 48.3. The molecule has 0 aromatic carbocycles. The van der Waals surface area contributed by atoms with Crippen LogP contribution in [0.3, 0.4) is 0 Å². The van der Waals surface area contributed by atoms with Gasteiger partial charge in [0.1, 0.15) is 5.78 Å². The molecule has 1 heterocycles. The number of Topliss-reactive ketones (excluding diaryl/α,β-unsaturated/α-hetero) is 1. The molecule has 62 heavy (non-hydrogen) atoms. The molecule has 0 spiro atoms. The van der Waals surface area contributed by atoms with Gasteiger partial charge >= 0.3 is 5.97 Å². The van der Waals surface area contributed by atoms with E-state index in [-0.39, 0.29) is 46.4 Å². The standard InChI is InChI=1S/C50H95NO6SSi4/c1-24-62(25-2,26-3)55-43(39(6)34-42-36-58-41(8)51-42)31-30-37(4)28-27-29-38(5)46(57-61(22,23)49(12,13)14)40(7)47(53)50(15,16)44(56-60(20,21)48(9,10)11)35-45(52)54-32-33-59(17,18)19/h27,29-30,34,36,38,40,43-44,46H,24-26,28,31-33,35H2,1-23H3/b29-27+,37-30+,39-34+/t38-,40+,43-,44-,46-/m0/s1. The topological polar surface area (TPSA) is 84.0 Å². The van der Waals surface area contributed by atoms with Gasteiger partial charge in [-0.25, -0.2) is 4.98 Å². The Morgan fingerprint density at radius 3 is 1.82 bits per heavy atom. The summed E-state index contributed by atoms with van der Waals surface area (Å²) in [6.07, 6.45) is 9.74. The number of ketones is 1. The smallest absolute Gasteiger partial charge is 0.308 e. The van der Waals surface area contributed by atoms with Gasteiger partial charge in [-0.1, -0.05) is 133 Å². The molecule has 5 atom stereocenters. The van der Waals surface area contributed by atoms with E-state index in [4.69, 9.17) is 23.0 Å². The van der Waals surface area contributed by atoms with Crippen molar-refractivity contribution in [3.63, 3.8) is 0 Å². The molecule has 0 fully saturated rings. The molecule has 0 aliphatic heterocycles. The largest absolute Gasteiger partial charge is 0.466 e. The number of nitrogens with zero attached hydrogens (tertiary/aromatic N) is 1. The van der Waals surface area contributed by atoms with Crippen molar-refractivity contribution in [3.05, 3.63) is 45.5 Å². The summed E-state index contributed by atoms with van der Waals surface area (Å²) in [6, 6.07) is 4.22. The van der Waals surface area contributed by atoms with Crippen LogP contribution in [0.5, 0.6) is 0 Å². The van der Waals surface area contributed by atoms with Gasteiger partial charge in [-0.2, -0.15) is 0 Å². The average Bonchev–Trinajstić information content (AvgIpc) is 3.55. The van der Waals surface area contributed by atoms with Gasteiger partial charge in [-0.15, -0.1) is 11.3 Å². The third kappa shape index (κ3) is 18.2. The lowest BCUT2D eigenvalue weighted by atomic mass is 9.73. The highest BCUT2D eigenvalue weighted by atomic mass is 32.1. The molecule has 0 bridgehead atoms. The van der Waals surface area contributed by atoms with Crippen LogP contribution < -0.4 is 0 Å².